The first-order valence-corrected chi connectivity index (χ1v) is 11.1. The van der Waals surface area contributed by atoms with Gasteiger partial charge >= 0.3 is 7.82 Å². The quantitative estimate of drug-likeness (QED) is 0.259. The maximum absolute atomic E-state index is 13.7. The van der Waals surface area contributed by atoms with Gasteiger partial charge in [0, 0.05) is 18.7 Å². The van der Waals surface area contributed by atoms with Crippen molar-refractivity contribution in [2.75, 3.05) is 5.73 Å². The first-order valence-electron chi connectivity index (χ1n) is 9.60. The highest BCUT2D eigenvalue weighted by molar-refractivity contribution is 7.46. The Hall–Kier alpha value is -3.63. The molecule has 0 aliphatic rings. The third kappa shape index (κ3) is 5.79. The Morgan fingerprint density at radius 3 is 2.67 bits per heavy atom. The van der Waals surface area contributed by atoms with Crippen molar-refractivity contribution in [3.63, 3.8) is 0 Å². The molecular weight excluding hydrogens is 454 g/mol. The summed E-state index contributed by atoms with van der Waals surface area (Å²) >= 11 is 0. The summed E-state index contributed by atoms with van der Waals surface area (Å²) in [5.41, 5.74) is 8.13. The predicted molar refractivity (Wildman–Crippen MR) is 113 cm³/mol. The van der Waals surface area contributed by atoms with E-state index in [1.165, 1.54) is 29.1 Å². The molecule has 4 N–H and O–H groups in total. The van der Waals surface area contributed by atoms with E-state index in [4.69, 9.17) is 24.8 Å². The molecule has 3 heterocycles. The third-order valence-corrected chi connectivity index (χ3v) is 5.00. The third-order valence-electron chi connectivity index (χ3n) is 4.55. The average molecular weight is 473 g/mol. The fraction of sp³-hybridized carbons (Fsp3) is 0.0952. The fourth-order valence-electron chi connectivity index (χ4n) is 2.99. The standard InChI is InChI=1S/C21H18FN4O6P/c22-18-4-1-9-24-21(18)31-16-7-5-14(6-8-16)11-15-12-19(32-25-15)17-3-2-10-26(20(17)23)13-30-33(27,28)29/h1-10,12,23H,11,13H2,(H2,27,28,29)/p+1. The summed E-state index contributed by atoms with van der Waals surface area (Å²) in [6, 6.07) is 14.8. The van der Waals surface area contributed by atoms with Crippen LogP contribution in [0.1, 0.15) is 11.3 Å². The molecule has 4 rings (SSSR count). The summed E-state index contributed by atoms with van der Waals surface area (Å²) in [4.78, 5) is 21.6. The predicted octanol–water partition coefficient (Wildman–Crippen LogP) is 3.20. The van der Waals surface area contributed by atoms with Gasteiger partial charge in [-0.3, -0.25) is 5.73 Å². The van der Waals surface area contributed by atoms with E-state index in [9.17, 15) is 8.96 Å². The zero-order valence-corrected chi connectivity index (χ0v) is 17.9. The van der Waals surface area contributed by atoms with Crippen LogP contribution >= 0.6 is 7.82 Å². The minimum absolute atomic E-state index is 0.102. The van der Waals surface area contributed by atoms with E-state index in [1.807, 2.05) is 12.1 Å². The molecule has 0 unspecified atom stereocenters. The Morgan fingerprint density at radius 1 is 1.15 bits per heavy atom. The molecule has 0 bridgehead atoms. The maximum Gasteiger partial charge on any atom is 0.472 e. The van der Waals surface area contributed by atoms with Gasteiger partial charge in [0.15, 0.2) is 11.6 Å². The number of pyridine rings is 2. The Bertz CT molecular complexity index is 1310. The number of benzene rings is 1. The lowest BCUT2D eigenvalue weighted by Crippen LogP contribution is -2.38. The van der Waals surface area contributed by atoms with Gasteiger partial charge in [-0.25, -0.2) is 23.0 Å². The molecule has 3 aromatic heterocycles. The first kappa shape index (κ1) is 22.6. The molecule has 0 saturated heterocycles. The lowest BCUT2D eigenvalue weighted by atomic mass is 10.1. The first-order chi connectivity index (χ1) is 15.8. The van der Waals surface area contributed by atoms with E-state index >= 15 is 0 Å². The second-order valence-electron chi connectivity index (χ2n) is 6.92. The smallest absolute Gasteiger partial charge is 0.436 e. The van der Waals surface area contributed by atoms with Crippen LogP contribution in [0.5, 0.6) is 11.6 Å². The van der Waals surface area contributed by atoms with Gasteiger partial charge in [-0.2, -0.15) is 0 Å². The summed E-state index contributed by atoms with van der Waals surface area (Å²) in [6.45, 7) is -0.429. The summed E-state index contributed by atoms with van der Waals surface area (Å²) < 4.78 is 41.3. The van der Waals surface area contributed by atoms with Crippen LogP contribution in [-0.2, 0) is 22.2 Å². The molecule has 4 aromatic rings. The SMILES string of the molecule is Nc1c(-c2cc(Cc3ccc(Oc4ncccc4F)cc3)no2)ccc[n+]1COP(=O)(O)O. The van der Waals surface area contributed by atoms with Gasteiger partial charge < -0.3 is 19.0 Å². The summed E-state index contributed by atoms with van der Waals surface area (Å²) in [5, 5.41) is 4.06. The molecule has 0 aliphatic carbocycles. The summed E-state index contributed by atoms with van der Waals surface area (Å²) in [6.07, 6.45) is 3.42. The molecule has 0 atom stereocenters. The molecule has 12 heteroatoms. The molecule has 1 aromatic carbocycles. The van der Waals surface area contributed by atoms with Crippen molar-refractivity contribution in [3.05, 3.63) is 84.1 Å². The van der Waals surface area contributed by atoms with E-state index < -0.39 is 20.4 Å². The highest BCUT2D eigenvalue weighted by Crippen LogP contribution is 2.35. The summed E-state index contributed by atoms with van der Waals surface area (Å²) in [7, 11) is -4.64. The van der Waals surface area contributed by atoms with Crippen LogP contribution in [0.2, 0.25) is 0 Å². The minimum Gasteiger partial charge on any atom is -0.436 e. The minimum atomic E-state index is -4.64. The van der Waals surface area contributed by atoms with Gasteiger partial charge in [0.1, 0.15) is 11.3 Å². The van der Waals surface area contributed by atoms with Crippen molar-refractivity contribution in [3.8, 4) is 23.0 Å². The van der Waals surface area contributed by atoms with E-state index in [0.717, 1.165) is 5.56 Å². The zero-order valence-electron chi connectivity index (χ0n) is 17.0. The second-order valence-corrected chi connectivity index (χ2v) is 8.16. The number of nitrogens with two attached hydrogens (primary N) is 1. The number of phosphoric ester groups is 1. The van der Waals surface area contributed by atoms with Gasteiger partial charge in [0.2, 0.25) is 6.73 Å². The molecular formula is C21H19FN4O6P+. The molecule has 0 fully saturated rings. The van der Waals surface area contributed by atoms with Gasteiger partial charge in [-0.15, -0.1) is 0 Å². The van der Waals surface area contributed by atoms with Crippen LogP contribution in [0.25, 0.3) is 11.3 Å². The number of aromatic nitrogens is 3. The van der Waals surface area contributed by atoms with Gasteiger partial charge in [-0.05, 0) is 42.0 Å². The number of halogens is 1. The van der Waals surface area contributed by atoms with E-state index in [1.54, 1.807) is 30.3 Å². The van der Waals surface area contributed by atoms with Crippen molar-refractivity contribution < 1.29 is 37.1 Å². The largest absolute Gasteiger partial charge is 0.472 e. The Balaban J connectivity index is 1.45. The van der Waals surface area contributed by atoms with Crippen LogP contribution in [0.3, 0.4) is 0 Å². The topological polar surface area (TPSA) is 145 Å². The van der Waals surface area contributed by atoms with Crippen molar-refractivity contribution in [2.24, 2.45) is 0 Å². The Kier molecular flexibility index (Phi) is 6.47. The van der Waals surface area contributed by atoms with Crippen LogP contribution in [0.15, 0.2) is 71.5 Å². The molecule has 0 aliphatic heterocycles. The average Bonchev–Trinajstić information content (AvgIpc) is 3.23. The van der Waals surface area contributed by atoms with Gasteiger partial charge in [0.25, 0.3) is 11.7 Å². The summed E-state index contributed by atoms with van der Waals surface area (Å²) in [5.74, 6) is 0.369. The number of hydrogen-bond donors (Lipinski definition) is 3. The molecule has 0 amide bonds. The maximum atomic E-state index is 13.7. The molecule has 0 spiro atoms. The van der Waals surface area contributed by atoms with Crippen LogP contribution in [-0.4, -0.2) is 19.9 Å². The number of rotatable bonds is 8. The van der Waals surface area contributed by atoms with Crippen LogP contribution < -0.4 is 15.0 Å². The Labute approximate surface area is 187 Å². The zero-order chi connectivity index (χ0) is 23.4. The Morgan fingerprint density at radius 2 is 1.94 bits per heavy atom. The normalized spacial score (nSPS) is 11.5. The lowest BCUT2D eigenvalue weighted by molar-refractivity contribution is -0.711. The van der Waals surface area contributed by atoms with E-state index in [2.05, 4.69) is 14.7 Å². The van der Waals surface area contributed by atoms with Crippen molar-refractivity contribution in [1.29, 1.82) is 0 Å². The molecule has 170 valence electrons. The van der Waals surface area contributed by atoms with E-state index in [0.29, 0.717) is 29.2 Å². The second kappa shape index (κ2) is 9.47. The molecule has 0 saturated carbocycles. The lowest BCUT2D eigenvalue weighted by Gasteiger charge is -2.07. The van der Waals surface area contributed by atoms with Crippen LogP contribution in [0.4, 0.5) is 10.2 Å². The number of anilines is 1. The highest BCUT2D eigenvalue weighted by Gasteiger charge is 2.20. The van der Waals surface area contributed by atoms with Crippen molar-refractivity contribution in [1.82, 2.24) is 10.1 Å². The van der Waals surface area contributed by atoms with Crippen molar-refractivity contribution >= 4 is 13.6 Å². The highest BCUT2D eigenvalue weighted by atomic mass is 31.2. The molecule has 0 radical (unpaired) electrons. The molecule has 33 heavy (non-hydrogen) atoms. The number of hydrogen-bond acceptors (Lipinski definition) is 7. The van der Waals surface area contributed by atoms with E-state index in [-0.39, 0.29) is 11.7 Å². The molecule has 10 nitrogen and oxygen atoms in total. The number of phosphoric acid groups is 1. The van der Waals surface area contributed by atoms with Gasteiger partial charge in [-0.1, -0.05) is 17.3 Å². The number of nitrogen functional groups attached to an aromatic ring is 1. The van der Waals surface area contributed by atoms with Crippen molar-refractivity contribution in [2.45, 2.75) is 13.2 Å². The number of nitrogens with zero attached hydrogens (tertiary/aromatic N) is 3. The van der Waals surface area contributed by atoms with Gasteiger partial charge in [0.05, 0.1) is 11.9 Å². The fourth-order valence-corrected chi connectivity index (χ4v) is 3.26. The number of ether oxygens (including phenoxy) is 1. The van der Waals surface area contributed by atoms with Crippen LogP contribution in [0, 0.1) is 5.82 Å². The monoisotopic (exact) mass is 473 g/mol.